The summed E-state index contributed by atoms with van der Waals surface area (Å²) in [6.07, 6.45) is 0.700. The number of hydrogen-bond donors (Lipinski definition) is 2. The Morgan fingerprint density at radius 3 is 3.08 bits per heavy atom. The van der Waals surface area contributed by atoms with Crippen LogP contribution in [0.1, 0.15) is 15.4 Å². The lowest BCUT2D eigenvalue weighted by molar-refractivity contribution is 0.0744. The summed E-state index contributed by atoms with van der Waals surface area (Å²) in [5, 5.41) is 1.63. The molecule has 2 heterocycles. The van der Waals surface area contributed by atoms with Crippen LogP contribution in [0.3, 0.4) is 0 Å². The van der Waals surface area contributed by atoms with Gasteiger partial charge in [0, 0.05) is 13.0 Å². The number of thiazole rings is 1. The number of nitrogen functional groups attached to an aromatic ring is 1. The molecular weight excluding hydrogens is 176 g/mol. The number of amides is 1. The van der Waals surface area contributed by atoms with Gasteiger partial charge >= 0.3 is 0 Å². The lowest BCUT2D eigenvalue weighted by Crippen LogP contribution is -2.42. The van der Waals surface area contributed by atoms with E-state index in [1.165, 1.54) is 16.3 Å². The number of rotatable bonds is 0. The Morgan fingerprint density at radius 2 is 2.33 bits per heavy atom. The summed E-state index contributed by atoms with van der Waals surface area (Å²) in [5.74, 6) is 5.25. The van der Waals surface area contributed by atoms with Gasteiger partial charge < -0.3 is 5.73 Å². The fourth-order valence-electron chi connectivity index (χ4n) is 1.16. The first-order chi connectivity index (χ1) is 5.68. The number of fused-ring (bicyclic) bond motifs is 1. The summed E-state index contributed by atoms with van der Waals surface area (Å²) in [7, 11) is 0. The topological polar surface area (TPSA) is 85.2 Å². The smallest absolute Gasteiger partial charge is 0.279 e. The number of carbonyl (C=O) groups excluding carboxylic acids is 1. The Bertz CT molecular complexity index is 334. The van der Waals surface area contributed by atoms with Crippen LogP contribution in [0, 0.1) is 0 Å². The van der Waals surface area contributed by atoms with Crippen molar-refractivity contribution in [1.29, 1.82) is 0 Å². The molecule has 4 N–H and O–H groups in total. The summed E-state index contributed by atoms with van der Waals surface area (Å²) in [6.45, 7) is 0.523. The molecule has 0 radical (unpaired) electrons. The van der Waals surface area contributed by atoms with E-state index in [0.717, 1.165) is 5.69 Å². The lowest BCUT2D eigenvalue weighted by Gasteiger charge is -2.19. The molecule has 12 heavy (non-hydrogen) atoms. The third-order valence-corrected chi connectivity index (χ3v) is 2.67. The van der Waals surface area contributed by atoms with Gasteiger partial charge in [-0.2, -0.15) is 0 Å². The molecule has 6 heteroatoms. The van der Waals surface area contributed by atoms with Gasteiger partial charge in [-0.05, 0) is 0 Å². The molecule has 0 aliphatic carbocycles. The highest BCUT2D eigenvalue weighted by atomic mass is 32.1. The van der Waals surface area contributed by atoms with Crippen molar-refractivity contribution < 1.29 is 4.79 Å². The van der Waals surface area contributed by atoms with E-state index in [1.807, 2.05) is 0 Å². The first-order valence-corrected chi connectivity index (χ1v) is 4.32. The van der Waals surface area contributed by atoms with E-state index in [9.17, 15) is 4.79 Å². The first kappa shape index (κ1) is 7.51. The van der Waals surface area contributed by atoms with Crippen LogP contribution in [0.2, 0.25) is 0 Å². The van der Waals surface area contributed by atoms with Gasteiger partial charge in [-0.15, -0.1) is 0 Å². The number of carbonyl (C=O) groups is 1. The third kappa shape index (κ3) is 0.961. The zero-order valence-corrected chi connectivity index (χ0v) is 7.10. The van der Waals surface area contributed by atoms with E-state index in [-0.39, 0.29) is 5.91 Å². The molecule has 1 aromatic rings. The van der Waals surface area contributed by atoms with Crippen LogP contribution >= 0.6 is 11.3 Å². The third-order valence-electron chi connectivity index (χ3n) is 1.76. The van der Waals surface area contributed by atoms with Crippen molar-refractivity contribution in [3.8, 4) is 0 Å². The van der Waals surface area contributed by atoms with Crippen molar-refractivity contribution in [3.63, 3.8) is 0 Å². The first-order valence-electron chi connectivity index (χ1n) is 3.50. The molecule has 0 fully saturated rings. The molecular formula is C6H8N4OS. The van der Waals surface area contributed by atoms with Crippen LogP contribution in [0.5, 0.6) is 0 Å². The molecule has 0 saturated carbocycles. The normalized spacial score (nSPS) is 16.4. The molecule has 0 atom stereocenters. The second kappa shape index (κ2) is 2.43. The number of hydrogen-bond acceptors (Lipinski definition) is 5. The zero-order chi connectivity index (χ0) is 8.72. The van der Waals surface area contributed by atoms with Gasteiger partial charge in [0.15, 0.2) is 5.13 Å². The maximum atomic E-state index is 11.3. The molecule has 1 aromatic heterocycles. The van der Waals surface area contributed by atoms with Gasteiger partial charge in [0.2, 0.25) is 0 Å². The molecule has 1 aliphatic rings. The van der Waals surface area contributed by atoms with Crippen LogP contribution in [0.25, 0.3) is 0 Å². The zero-order valence-electron chi connectivity index (χ0n) is 6.28. The van der Waals surface area contributed by atoms with Crippen LogP contribution in [-0.2, 0) is 6.42 Å². The molecule has 64 valence electrons. The predicted molar refractivity (Wildman–Crippen MR) is 45.5 cm³/mol. The largest absolute Gasteiger partial charge is 0.375 e. The minimum Gasteiger partial charge on any atom is -0.375 e. The summed E-state index contributed by atoms with van der Waals surface area (Å²) < 4.78 is 0. The number of nitrogens with two attached hydrogens (primary N) is 2. The van der Waals surface area contributed by atoms with E-state index in [1.54, 1.807) is 0 Å². The second-order valence-corrected chi connectivity index (χ2v) is 3.61. The standard InChI is InChI=1S/C6H8N4OS/c7-6-9-3-1-2-10(8)5(11)4(3)12-6/h1-2,8H2,(H2,7,9). The Labute approximate surface area is 73.0 Å². The van der Waals surface area contributed by atoms with Gasteiger partial charge in [0.25, 0.3) is 5.91 Å². The van der Waals surface area contributed by atoms with E-state index in [2.05, 4.69) is 4.98 Å². The molecule has 5 nitrogen and oxygen atoms in total. The SMILES string of the molecule is Nc1nc2c(s1)C(=O)N(N)CC2. The van der Waals surface area contributed by atoms with E-state index >= 15 is 0 Å². The van der Waals surface area contributed by atoms with Crippen molar-refractivity contribution >= 4 is 22.4 Å². The quantitative estimate of drug-likeness (QED) is 0.424. The summed E-state index contributed by atoms with van der Waals surface area (Å²) in [6, 6.07) is 0. The summed E-state index contributed by atoms with van der Waals surface area (Å²) >= 11 is 1.20. The second-order valence-electron chi connectivity index (χ2n) is 2.58. The highest BCUT2D eigenvalue weighted by molar-refractivity contribution is 7.17. The number of hydrazine groups is 1. The van der Waals surface area contributed by atoms with E-state index in [4.69, 9.17) is 11.6 Å². The van der Waals surface area contributed by atoms with Crippen molar-refractivity contribution in [2.75, 3.05) is 12.3 Å². The Kier molecular flexibility index (Phi) is 1.52. The molecule has 1 aliphatic heterocycles. The maximum absolute atomic E-state index is 11.3. The van der Waals surface area contributed by atoms with Crippen LogP contribution in [0.15, 0.2) is 0 Å². The monoisotopic (exact) mass is 184 g/mol. The average Bonchev–Trinajstić information content (AvgIpc) is 2.39. The Balaban J connectivity index is 2.48. The minimum atomic E-state index is -0.176. The molecule has 0 aromatic carbocycles. The highest BCUT2D eigenvalue weighted by Crippen LogP contribution is 2.24. The molecule has 0 saturated heterocycles. The van der Waals surface area contributed by atoms with Crippen molar-refractivity contribution in [1.82, 2.24) is 9.99 Å². The lowest BCUT2D eigenvalue weighted by atomic mass is 10.2. The minimum absolute atomic E-state index is 0.176. The Morgan fingerprint density at radius 1 is 1.58 bits per heavy atom. The van der Waals surface area contributed by atoms with Gasteiger partial charge in [-0.1, -0.05) is 11.3 Å². The number of aromatic nitrogens is 1. The summed E-state index contributed by atoms with van der Waals surface area (Å²) in [4.78, 5) is 16.0. The number of anilines is 1. The molecule has 0 unspecified atom stereocenters. The van der Waals surface area contributed by atoms with Crippen LogP contribution < -0.4 is 11.6 Å². The Hall–Kier alpha value is -1.14. The molecule has 1 amide bonds. The molecule has 0 spiro atoms. The summed E-state index contributed by atoms with van der Waals surface area (Å²) in [5.41, 5.74) is 6.24. The molecule has 2 rings (SSSR count). The van der Waals surface area contributed by atoms with Crippen LogP contribution in [-0.4, -0.2) is 22.4 Å². The fourth-order valence-corrected chi connectivity index (χ4v) is 2.00. The van der Waals surface area contributed by atoms with Gasteiger partial charge in [0.1, 0.15) is 4.88 Å². The van der Waals surface area contributed by atoms with Gasteiger partial charge in [-0.25, -0.2) is 10.8 Å². The highest BCUT2D eigenvalue weighted by Gasteiger charge is 2.25. The van der Waals surface area contributed by atoms with Gasteiger partial charge in [0.05, 0.1) is 5.69 Å². The van der Waals surface area contributed by atoms with Crippen LogP contribution in [0.4, 0.5) is 5.13 Å². The molecule has 0 bridgehead atoms. The average molecular weight is 184 g/mol. The van der Waals surface area contributed by atoms with Crippen molar-refractivity contribution in [2.45, 2.75) is 6.42 Å². The maximum Gasteiger partial charge on any atom is 0.279 e. The predicted octanol–water partition coefficient (Wildman–Crippen LogP) is -0.403. The van der Waals surface area contributed by atoms with Gasteiger partial charge in [-0.3, -0.25) is 9.80 Å². The van der Waals surface area contributed by atoms with E-state index < -0.39 is 0 Å². The van der Waals surface area contributed by atoms with Crippen molar-refractivity contribution in [3.05, 3.63) is 10.6 Å². The van der Waals surface area contributed by atoms with E-state index in [0.29, 0.717) is 23.0 Å². The fraction of sp³-hybridized carbons (Fsp3) is 0.333. The number of nitrogens with zero attached hydrogens (tertiary/aromatic N) is 2. The van der Waals surface area contributed by atoms with Crippen molar-refractivity contribution in [2.24, 2.45) is 5.84 Å².